The SMILES string of the molecule is Cc1ccc(S(=O)(=O)Nc2nc(-c3ccccc3)cc(-c3cc(C)ccc3O)n2)cc1. The van der Waals surface area contributed by atoms with Gasteiger partial charge in [-0.05, 0) is 44.2 Å². The van der Waals surface area contributed by atoms with E-state index in [1.807, 2.05) is 44.2 Å². The number of aromatic nitrogens is 2. The normalized spacial score (nSPS) is 11.3. The van der Waals surface area contributed by atoms with Crippen LogP contribution in [0.2, 0.25) is 0 Å². The second-order valence-electron chi connectivity index (χ2n) is 7.27. The van der Waals surface area contributed by atoms with E-state index in [-0.39, 0.29) is 16.6 Å². The zero-order chi connectivity index (χ0) is 22.0. The smallest absolute Gasteiger partial charge is 0.264 e. The molecule has 0 amide bonds. The van der Waals surface area contributed by atoms with Gasteiger partial charge < -0.3 is 5.11 Å². The first kappa shape index (κ1) is 20.6. The fourth-order valence-electron chi connectivity index (χ4n) is 3.14. The highest BCUT2D eigenvalue weighted by Gasteiger charge is 2.18. The Bertz CT molecular complexity index is 1340. The van der Waals surface area contributed by atoms with Crippen molar-refractivity contribution in [2.45, 2.75) is 18.7 Å². The Kier molecular flexibility index (Phi) is 5.44. The lowest BCUT2D eigenvalue weighted by Crippen LogP contribution is -2.15. The number of nitrogens with zero attached hydrogens (tertiary/aromatic N) is 2. The topological polar surface area (TPSA) is 92.2 Å². The molecule has 1 aromatic heterocycles. The molecule has 2 N–H and O–H groups in total. The quantitative estimate of drug-likeness (QED) is 0.467. The number of phenols is 1. The van der Waals surface area contributed by atoms with Gasteiger partial charge in [-0.25, -0.2) is 23.1 Å². The van der Waals surface area contributed by atoms with E-state index in [9.17, 15) is 13.5 Å². The van der Waals surface area contributed by atoms with Gasteiger partial charge in [0.15, 0.2) is 0 Å². The van der Waals surface area contributed by atoms with E-state index >= 15 is 0 Å². The summed E-state index contributed by atoms with van der Waals surface area (Å²) in [6.07, 6.45) is 0. The van der Waals surface area contributed by atoms with Crippen LogP contribution in [0, 0.1) is 13.8 Å². The third-order valence-corrected chi connectivity index (χ3v) is 6.12. The van der Waals surface area contributed by atoms with Crippen molar-refractivity contribution < 1.29 is 13.5 Å². The molecule has 4 rings (SSSR count). The molecule has 1 heterocycles. The molecule has 0 spiro atoms. The number of anilines is 1. The number of phenolic OH excluding ortho intramolecular Hbond substituents is 1. The Hall–Kier alpha value is -3.71. The number of hydrogen-bond donors (Lipinski definition) is 2. The van der Waals surface area contributed by atoms with E-state index in [4.69, 9.17) is 0 Å². The molecule has 0 atom stereocenters. The molecule has 4 aromatic rings. The first-order valence-corrected chi connectivity index (χ1v) is 11.1. The summed E-state index contributed by atoms with van der Waals surface area (Å²) in [5.41, 5.74) is 4.14. The summed E-state index contributed by atoms with van der Waals surface area (Å²) in [4.78, 5) is 8.94. The first-order chi connectivity index (χ1) is 14.8. The van der Waals surface area contributed by atoms with E-state index in [0.717, 1.165) is 16.7 Å². The molecular formula is C24H21N3O3S. The van der Waals surface area contributed by atoms with Gasteiger partial charge in [0.1, 0.15) is 5.75 Å². The van der Waals surface area contributed by atoms with Crippen LogP contribution < -0.4 is 4.72 Å². The Balaban J connectivity index is 1.84. The monoisotopic (exact) mass is 431 g/mol. The number of sulfonamides is 1. The van der Waals surface area contributed by atoms with Crippen molar-refractivity contribution in [3.05, 3.63) is 90.0 Å². The summed E-state index contributed by atoms with van der Waals surface area (Å²) in [5, 5.41) is 10.4. The van der Waals surface area contributed by atoms with Crippen LogP contribution in [0.1, 0.15) is 11.1 Å². The maximum Gasteiger partial charge on any atom is 0.264 e. The number of hydrogen-bond acceptors (Lipinski definition) is 5. The number of aryl methyl sites for hydroxylation is 2. The highest BCUT2D eigenvalue weighted by atomic mass is 32.2. The van der Waals surface area contributed by atoms with Crippen LogP contribution in [0.15, 0.2) is 83.8 Å². The molecule has 0 radical (unpaired) electrons. The van der Waals surface area contributed by atoms with Crippen LogP contribution in [0.3, 0.4) is 0 Å². The summed E-state index contributed by atoms with van der Waals surface area (Å²) >= 11 is 0. The Morgan fingerprint density at radius 2 is 1.42 bits per heavy atom. The number of nitrogens with one attached hydrogen (secondary N) is 1. The molecule has 0 aliphatic carbocycles. The summed E-state index contributed by atoms with van der Waals surface area (Å²) < 4.78 is 28.3. The Morgan fingerprint density at radius 1 is 0.774 bits per heavy atom. The summed E-state index contributed by atoms with van der Waals surface area (Å²) in [7, 11) is -3.88. The van der Waals surface area contributed by atoms with E-state index in [1.54, 1.807) is 36.4 Å². The third-order valence-electron chi connectivity index (χ3n) is 4.78. The molecule has 0 bridgehead atoms. The number of benzene rings is 3. The van der Waals surface area contributed by atoms with Crippen LogP contribution in [0.4, 0.5) is 5.95 Å². The maximum atomic E-state index is 12.9. The van der Waals surface area contributed by atoms with Crippen molar-refractivity contribution in [2.24, 2.45) is 0 Å². The minimum Gasteiger partial charge on any atom is -0.507 e. The van der Waals surface area contributed by atoms with Crippen molar-refractivity contribution in [1.82, 2.24) is 9.97 Å². The molecule has 0 fully saturated rings. The largest absolute Gasteiger partial charge is 0.507 e. The molecule has 31 heavy (non-hydrogen) atoms. The van der Waals surface area contributed by atoms with Crippen molar-refractivity contribution in [1.29, 1.82) is 0 Å². The standard InChI is InChI=1S/C24H21N3O3S/c1-16-8-11-19(12-9-16)31(29,30)27-24-25-21(18-6-4-3-5-7-18)15-22(26-24)20-14-17(2)10-13-23(20)28/h3-15,28H,1-2H3,(H,25,26,27). The van der Waals surface area contributed by atoms with Crippen molar-refractivity contribution in [2.75, 3.05) is 4.72 Å². The van der Waals surface area contributed by atoms with Gasteiger partial charge in [0.2, 0.25) is 5.95 Å². The summed E-state index contributed by atoms with van der Waals surface area (Å²) in [6.45, 7) is 3.79. The van der Waals surface area contributed by atoms with Crippen molar-refractivity contribution >= 4 is 16.0 Å². The number of rotatable bonds is 5. The van der Waals surface area contributed by atoms with Gasteiger partial charge in [-0.2, -0.15) is 0 Å². The van der Waals surface area contributed by atoms with Gasteiger partial charge in [0, 0.05) is 11.1 Å². The lowest BCUT2D eigenvalue weighted by molar-refractivity contribution is 0.477. The highest BCUT2D eigenvalue weighted by Crippen LogP contribution is 2.32. The second-order valence-corrected chi connectivity index (χ2v) is 8.95. The lowest BCUT2D eigenvalue weighted by Gasteiger charge is -2.12. The summed E-state index contributed by atoms with van der Waals surface area (Å²) in [5.74, 6) is -0.0199. The fraction of sp³-hybridized carbons (Fsp3) is 0.0833. The molecule has 7 heteroatoms. The van der Waals surface area contributed by atoms with Crippen LogP contribution in [0.25, 0.3) is 22.5 Å². The molecule has 0 unspecified atom stereocenters. The van der Waals surface area contributed by atoms with Crippen LogP contribution >= 0.6 is 0 Å². The minimum atomic E-state index is -3.88. The molecule has 6 nitrogen and oxygen atoms in total. The van der Waals surface area contributed by atoms with E-state index in [0.29, 0.717) is 17.0 Å². The maximum absolute atomic E-state index is 12.9. The molecule has 0 saturated carbocycles. The molecule has 0 saturated heterocycles. The average Bonchev–Trinajstić information content (AvgIpc) is 2.76. The van der Waals surface area contributed by atoms with E-state index in [2.05, 4.69) is 14.7 Å². The summed E-state index contributed by atoms with van der Waals surface area (Å²) in [6, 6.07) is 22.8. The van der Waals surface area contributed by atoms with Crippen LogP contribution in [-0.4, -0.2) is 23.5 Å². The third kappa shape index (κ3) is 4.57. The van der Waals surface area contributed by atoms with Crippen LogP contribution in [0.5, 0.6) is 5.75 Å². The van der Waals surface area contributed by atoms with Gasteiger partial charge in [0.05, 0.1) is 16.3 Å². The molecule has 156 valence electrons. The highest BCUT2D eigenvalue weighted by molar-refractivity contribution is 7.92. The van der Waals surface area contributed by atoms with Gasteiger partial charge in [-0.1, -0.05) is 59.7 Å². The average molecular weight is 432 g/mol. The van der Waals surface area contributed by atoms with Gasteiger partial charge >= 0.3 is 0 Å². The molecular weight excluding hydrogens is 410 g/mol. The van der Waals surface area contributed by atoms with Gasteiger partial charge in [0.25, 0.3) is 10.0 Å². The Labute approximate surface area is 181 Å². The zero-order valence-electron chi connectivity index (χ0n) is 17.1. The zero-order valence-corrected chi connectivity index (χ0v) is 17.9. The predicted octanol–water partition coefficient (Wildman–Crippen LogP) is 4.93. The molecule has 3 aromatic carbocycles. The van der Waals surface area contributed by atoms with Crippen molar-refractivity contribution in [3.63, 3.8) is 0 Å². The molecule has 0 aliphatic rings. The van der Waals surface area contributed by atoms with Gasteiger partial charge in [-0.3, -0.25) is 0 Å². The molecule has 0 aliphatic heterocycles. The minimum absolute atomic E-state index is 0.0515. The van der Waals surface area contributed by atoms with Crippen molar-refractivity contribution in [3.8, 4) is 28.3 Å². The van der Waals surface area contributed by atoms with Crippen LogP contribution in [-0.2, 0) is 10.0 Å². The number of aromatic hydroxyl groups is 1. The van der Waals surface area contributed by atoms with E-state index < -0.39 is 10.0 Å². The predicted molar refractivity (Wildman–Crippen MR) is 121 cm³/mol. The Morgan fingerprint density at radius 3 is 2.13 bits per heavy atom. The van der Waals surface area contributed by atoms with Gasteiger partial charge in [-0.15, -0.1) is 0 Å². The second kappa shape index (κ2) is 8.20. The lowest BCUT2D eigenvalue weighted by atomic mass is 10.0. The van der Waals surface area contributed by atoms with E-state index in [1.165, 1.54) is 12.1 Å². The first-order valence-electron chi connectivity index (χ1n) is 9.66. The fourth-order valence-corrected chi connectivity index (χ4v) is 4.08.